The summed E-state index contributed by atoms with van der Waals surface area (Å²) in [7, 11) is -0.297. The van der Waals surface area contributed by atoms with Gasteiger partial charge in [-0.25, -0.2) is 17.2 Å². The van der Waals surface area contributed by atoms with Gasteiger partial charge in [0.2, 0.25) is 0 Å². The summed E-state index contributed by atoms with van der Waals surface area (Å²) >= 11 is 0. The molecule has 28 heavy (non-hydrogen) atoms. The number of nitrogens with one attached hydrogen (secondary N) is 2. The highest BCUT2D eigenvalue weighted by Crippen LogP contribution is 2.17. The molecule has 0 aromatic heterocycles. The maximum Gasteiger partial charge on any atom is 0.191 e. The van der Waals surface area contributed by atoms with E-state index in [2.05, 4.69) is 15.6 Å². The molecule has 0 saturated heterocycles. The van der Waals surface area contributed by atoms with Crippen molar-refractivity contribution < 1.29 is 21.9 Å². The quantitative estimate of drug-likeness (QED) is 0.540. The molecule has 0 saturated carbocycles. The number of guanidine groups is 1. The third kappa shape index (κ3) is 6.49. The van der Waals surface area contributed by atoms with Crippen LogP contribution in [0.15, 0.2) is 41.4 Å². The van der Waals surface area contributed by atoms with Crippen LogP contribution < -0.4 is 15.4 Å². The molecule has 0 heterocycles. The van der Waals surface area contributed by atoms with Gasteiger partial charge in [0.25, 0.3) is 0 Å². The van der Waals surface area contributed by atoms with Crippen molar-refractivity contribution in [3.8, 4) is 5.75 Å². The van der Waals surface area contributed by atoms with Gasteiger partial charge in [-0.3, -0.25) is 4.99 Å². The van der Waals surface area contributed by atoms with Gasteiger partial charge in [0, 0.05) is 26.4 Å². The summed E-state index contributed by atoms with van der Waals surface area (Å²) in [5.74, 6) is -0.524. The molecule has 0 atom stereocenters. The Hall–Kier alpha value is -2.68. The lowest BCUT2D eigenvalue weighted by molar-refractivity contribution is 0.386. The Morgan fingerprint density at radius 2 is 1.79 bits per heavy atom. The fourth-order valence-electron chi connectivity index (χ4n) is 2.59. The molecule has 6 nitrogen and oxygen atoms in total. The number of rotatable bonds is 7. The number of sulfone groups is 1. The molecule has 0 unspecified atom stereocenters. The molecule has 0 spiro atoms. The molecular formula is C19H23F2N3O3S. The Balaban J connectivity index is 2.02. The topological polar surface area (TPSA) is 79.8 Å². The highest BCUT2D eigenvalue weighted by molar-refractivity contribution is 7.89. The first kappa shape index (κ1) is 21.6. The van der Waals surface area contributed by atoms with Gasteiger partial charge >= 0.3 is 0 Å². The van der Waals surface area contributed by atoms with Gasteiger partial charge < -0.3 is 15.4 Å². The maximum absolute atomic E-state index is 13.8. The fraction of sp³-hybridized carbons (Fsp3) is 0.316. The van der Waals surface area contributed by atoms with Crippen molar-refractivity contribution in [2.24, 2.45) is 4.99 Å². The Bertz CT molecular complexity index is 963. The van der Waals surface area contributed by atoms with Crippen molar-refractivity contribution in [1.29, 1.82) is 0 Å². The molecule has 0 aliphatic rings. The van der Waals surface area contributed by atoms with Crippen molar-refractivity contribution in [2.75, 3.05) is 20.4 Å². The molecule has 152 valence electrons. The lowest BCUT2D eigenvalue weighted by Gasteiger charge is -2.14. The van der Waals surface area contributed by atoms with Gasteiger partial charge in [0.15, 0.2) is 27.4 Å². The second-order valence-electron chi connectivity index (χ2n) is 6.23. The lowest BCUT2D eigenvalue weighted by Crippen LogP contribution is -2.36. The van der Waals surface area contributed by atoms with Crippen molar-refractivity contribution in [2.45, 2.75) is 18.8 Å². The molecule has 9 heteroatoms. The van der Waals surface area contributed by atoms with Crippen LogP contribution in [0.2, 0.25) is 0 Å². The average molecular weight is 411 g/mol. The van der Waals surface area contributed by atoms with Crippen LogP contribution in [0.1, 0.15) is 16.7 Å². The van der Waals surface area contributed by atoms with E-state index < -0.39 is 21.5 Å². The van der Waals surface area contributed by atoms with Crippen LogP contribution in [0.25, 0.3) is 0 Å². The third-order valence-corrected chi connectivity index (χ3v) is 4.77. The summed E-state index contributed by atoms with van der Waals surface area (Å²) in [6, 6.07) is 8.60. The van der Waals surface area contributed by atoms with E-state index in [1.807, 2.05) is 0 Å². The summed E-state index contributed by atoms with van der Waals surface area (Å²) < 4.78 is 55.4. The number of hydrogen-bond acceptors (Lipinski definition) is 4. The minimum absolute atomic E-state index is 0.163. The third-order valence-electron chi connectivity index (χ3n) is 3.93. The first-order valence-electron chi connectivity index (χ1n) is 8.44. The Kier molecular flexibility index (Phi) is 7.33. The summed E-state index contributed by atoms with van der Waals surface area (Å²) in [6.45, 7) is 0.485. The number of ether oxygens (including phenoxy) is 1. The SMILES string of the molecule is CN=C(NCc1ccc(OC)c(F)c1)NCc1cc(F)ccc1CS(C)(=O)=O. The van der Waals surface area contributed by atoms with Crippen molar-refractivity contribution in [1.82, 2.24) is 10.6 Å². The molecule has 2 N–H and O–H groups in total. The van der Waals surface area contributed by atoms with E-state index in [9.17, 15) is 17.2 Å². The van der Waals surface area contributed by atoms with Crippen LogP contribution in [0.5, 0.6) is 5.75 Å². The van der Waals surface area contributed by atoms with Crippen molar-refractivity contribution in [3.63, 3.8) is 0 Å². The smallest absolute Gasteiger partial charge is 0.191 e. The van der Waals surface area contributed by atoms with E-state index in [1.165, 1.54) is 37.4 Å². The van der Waals surface area contributed by atoms with Crippen molar-refractivity contribution >= 4 is 15.8 Å². The van der Waals surface area contributed by atoms with E-state index in [0.29, 0.717) is 29.2 Å². The Morgan fingerprint density at radius 1 is 1.07 bits per heavy atom. The van der Waals surface area contributed by atoms with Crippen LogP contribution in [0.4, 0.5) is 8.78 Å². The highest BCUT2D eigenvalue weighted by atomic mass is 32.2. The molecule has 0 fully saturated rings. The highest BCUT2D eigenvalue weighted by Gasteiger charge is 2.11. The molecule has 0 aliphatic heterocycles. The molecule has 0 bridgehead atoms. The molecule has 2 rings (SSSR count). The van der Waals surface area contributed by atoms with Gasteiger partial charge in [-0.15, -0.1) is 0 Å². The van der Waals surface area contributed by atoms with Gasteiger partial charge in [-0.2, -0.15) is 0 Å². The first-order chi connectivity index (χ1) is 13.2. The molecule has 0 aliphatic carbocycles. The summed E-state index contributed by atoms with van der Waals surface area (Å²) in [6.07, 6.45) is 1.13. The molecule has 2 aromatic carbocycles. The van der Waals surface area contributed by atoms with Crippen LogP contribution in [-0.4, -0.2) is 34.8 Å². The fourth-order valence-corrected chi connectivity index (χ4v) is 3.43. The summed E-state index contributed by atoms with van der Waals surface area (Å²) in [5, 5.41) is 6.03. The summed E-state index contributed by atoms with van der Waals surface area (Å²) in [4.78, 5) is 4.06. The minimum atomic E-state index is -3.25. The molecular weight excluding hydrogens is 388 g/mol. The van der Waals surface area contributed by atoms with E-state index >= 15 is 0 Å². The van der Waals surface area contributed by atoms with Crippen LogP contribution in [-0.2, 0) is 28.7 Å². The standard InChI is InChI=1S/C19H23F2N3O3S/c1-22-19(23-10-13-4-7-18(27-2)17(21)8-13)24-11-15-9-16(20)6-5-14(15)12-28(3,25)26/h4-9H,10-12H2,1-3H3,(H2,22,23,24). The van der Waals surface area contributed by atoms with E-state index in [0.717, 1.165) is 6.26 Å². The van der Waals surface area contributed by atoms with E-state index in [4.69, 9.17) is 4.74 Å². The zero-order valence-electron chi connectivity index (χ0n) is 15.9. The Morgan fingerprint density at radius 3 is 2.39 bits per heavy atom. The van der Waals surface area contributed by atoms with Gasteiger partial charge in [0.05, 0.1) is 12.9 Å². The zero-order valence-corrected chi connectivity index (χ0v) is 16.7. The summed E-state index contributed by atoms with van der Waals surface area (Å²) in [5.41, 5.74) is 1.72. The predicted molar refractivity (Wildman–Crippen MR) is 105 cm³/mol. The predicted octanol–water partition coefficient (Wildman–Crippen LogP) is 2.38. The van der Waals surface area contributed by atoms with E-state index in [-0.39, 0.29) is 18.0 Å². The molecule has 0 amide bonds. The van der Waals surface area contributed by atoms with Gasteiger partial charge in [-0.05, 0) is 41.0 Å². The van der Waals surface area contributed by atoms with Crippen LogP contribution in [0, 0.1) is 11.6 Å². The van der Waals surface area contributed by atoms with Gasteiger partial charge in [-0.1, -0.05) is 12.1 Å². The monoisotopic (exact) mass is 411 g/mol. The number of halogens is 2. The maximum atomic E-state index is 13.8. The number of methoxy groups -OCH3 is 1. The largest absolute Gasteiger partial charge is 0.494 e. The second-order valence-corrected chi connectivity index (χ2v) is 8.37. The first-order valence-corrected chi connectivity index (χ1v) is 10.5. The Labute approximate surface area is 163 Å². The lowest BCUT2D eigenvalue weighted by atomic mass is 10.1. The van der Waals surface area contributed by atoms with E-state index in [1.54, 1.807) is 13.1 Å². The average Bonchev–Trinajstić information content (AvgIpc) is 2.63. The number of nitrogens with zero attached hydrogens (tertiary/aromatic N) is 1. The number of hydrogen-bond donors (Lipinski definition) is 2. The minimum Gasteiger partial charge on any atom is -0.494 e. The molecule has 2 aromatic rings. The number of benzene rings is 2. The second kappa shape index (κ2) is 9.50. The van der Waals surface area contributed by atoms with Gasteiger partial charge in [0.1, 0.15) is 5.82 Å². The van der Waals surface area contributed by atoms with Crippen molar-refractivity contribution in [3.05, 3.63) is 64.7 Å². The normalized spacial score (nSPS) is 12.0. The van der Waals surface area contributed by atoms with Crippen LogP contribution >= 0.6 is 0 Å². The van der Waals surface area contributed by atoms with Crippen LogP contribution in [0.3, 0.4) is 0 Å². The number of aliphatic imine (C=N–C) groups is 1. The zero-order chi connectivity index (χ0) is 20.7. The molecule has 0 radical (unpaired) electrons.